The summed E-state index contributed by atoms with van der Waals surface area (Å²) in [6.45, 7) is 0.967. The van der Waals surface area contributed by atoms with Gasteiger partial charge in [0.05, 0.1) is 4.90 Å². The van der Waals surface area contributed by atoms with Crippen LogP contribution in [-0.4, -0.2) is 31.9 Å². The van der Waals surface area contributed by atoms with Crippen LogP contribution in [-0.2, 0) is 26.8 Å². The molecular formula is C19H19F3N2O4S. The van der Waals surface area contributed by atoms with Gasteiger partial charge in [-0.25, -0.2) is 8.42 Å². The van der Waals surface area contributed by atoms with Gasteiger partial charge in [-0.05, 0) is 47.9 Å². The van der Waals surface area contributed by atoms with Crippen molar-refractivity contribution in [3.05, 3.63) is 59.2 Å². The number of benzene rings is 2. The quantitative estimate of drug-likeness (QED) is 0.696. The number of carbonyl (C=O) groups excluding carboxylic acids is 1. The summed E-state index contributed by atoms with van der Waals surface area (Å²) in [5.41, 5.74) is -1.77. The Morgan fingerprint density at radius 3 is 2.34 bits per heavy atom. The van der Waals surface area contributed by atoms with E-state index in [1.807, 2.05) is 0 Å². The van der Waals surface area contributed by atoms with E-state index in [-0.39, 0.29) is 16.1 Å². The number of amides is 1. The summed E-state index contributed by atoms with van der Waals surface area (Å²) in [6.07, 6.45) is -3.73. The molecule has 2 atom stereocenters. The zero-order chi connectivity index (χ0) is 21.6. The summed E-state index contributed by atoms with van der Waals surface area (Å²) in [5, 5.41) is 15.3. The molecule has 156 valence electrons. The summed E-state index contributed by atoms with van der Waals surface area (Å²) in [7, 11) is -3.37. The molecule has 29 heavy (non-hydrogen) atoms. The van der Waals surface area contributed by atoms with Crippen molar-refractivity contribution in [3.63, 3.8) is 0 Å². The van der Waals surface area contributed by atoms with E-state index in [9.17, 15) is 31.5 Å². The van der Waals surface area contributed by atoms with E-state index >= 15 is 0 Å². The zero-order valence-electron chi connectivity index (χ0n) is 15.5. The van der Waals surface area contributed by atoms with Crippen LogP contribution < -0.4 is 10.6 Å². The van der Waals surface area contributed by atoms with E-state index in [2.05, 4.69) is 10.6 Å². The number of hydrogen-bond donors (Lipinski definition) is 3. The summed E-state index contributed by atoms with van der Waals surface area (Å²) >= 11 is 0. The fraction of sp³-hybridized carbons (Fsp3) is 0.316. The first-order chi connectivity index (χ1) is 13.3. The first-order valence-electron chi connectivity index (χ1n) is 8.57. The van der Waals surface area contributed by atoms with Gasteiger partial charge in [0.25, 0.3) is 0 Å². The van der Waals surface area contributed by atoms with Gasteiger partial charge in [0.1, 0.15) is 6.04 Å². The van der Waals surface area contributed by atoms with Gasteiger partial charge in [0.2, 0.25) is 5.91 Å². The van der Waals surface area contributed by atoms with Crippen molar-refractivity contribution in [3.8, 4) is 0 Å². The van der Waals surface area contributed by atoms with E-state index in [0.29, 0.717) is 24.6 Å². The van der Waals surface area contributed by atoms with Crippen LogP contribution in [0.25, 0.3) is 0 Å². The average Bonchev–Trinajstić information content (AvgIpc) is 3.04. The molecule has 0 fully saturated rings. The maximum atomic E-state index is 12.9. The summed E-state index contributed by atoms with van der Waals surface area (Å²) in [5.74, 6) is -0.439. The van der Waals surface area contributed by atoms with Crippen molar-refractivity contribution in [2.75, 3.05) is 11.6 Å². The first kappa shape index (κ1) is 21.3. The number of alkyl halides is 3. The Balaban J connectivity index is 1.76. The summed E-state index contributed by atoms with van der Waals surface area (Å²) in [4.78, 5) is 12.7. The molecular weight excluding hydrogens is 409 g/mol. The minimum atomic E-state index is -4.83. The molecule has 2 unspecified atom stereocenters. The van der Waals surface area contributed by atoms with Crippen molar-refractivity contribution in [2.45, 2.75) is 36.2 Å². The van der Waals surface area contributed by atoms with Crippen LogP contribution in [0, 0.1) is 0 Å². The van der Waals surface area contributed by atoms with Crippen LogP contribution in [0.3, 0.4) is 0 Å². The predicted molar refractivity (Wildman–Crippen MR) is 99.8 cm³/mol. The van der Waals surface area contributed by atoms with Crippen molar-refractivity contribution in [2.24, 2.45) is 0 Å². The Kier molecular flexibility index (Phi) is 5.22. The lowest BCUT2D eigenvalue weighted by atomic mass is 9.95. The van der Waals surface area contributed by atoms with Gasteiger partial charge in [-0.3, -0.25) is 10.1 Å². The molecule has 6 nitrogen and oxygen atoms in total. The number of fused-ring (bicyclic) bond motifs is 1. The molecule has 3 N–H and O–H groups in total. The molecule has 0 spiro atoms. The molecule has 1 heterocycles. The summed E-state index contributed by atoms with van der Waals surface area (Å²) < 4.78 is 62.1. The van der Waals surface area contributed by atoms with E-state index in [1.165, 1.54) is 24.3 Å². The highest BCUT2D eigenvalue weighted by molar-refractivity contribution is 7.90. The Morgan fingerprint density at radius 1 is 1.17 bits per heavy atom. The van der Waals surface area contributed by atoms with E-state index in [4.69, 9.17) is 0 Å². The Bertz CT molecular complexity index is 1050. The van der Waals surface area contributed by atoms with E-state index in [1.54, 1.807) is 6.07 Å². The molecule has 1 amide bonds. The Labute approximate surface area is 165 Å². The highest BCUT2D eigenvalue weighted by Crippen LogP contribution is 2.38. The van der Waals surface area contributed by atoms with E-state index in [0.717, 1.165) is 18.4 Å². The molecule has 0 bridgehead atoms. The van der Waals surface area contributed by atoms with Crippen molar-refractivity contribution < 1.29 is 31.5 Å². The molecule has 1 aliphatic heterocycles. The third-order valence-electron chi connectivity index (χ3n) is 4.88. The van der Waals surface area contributed by atoms with Crippen molar-refractivity contribution in [1.29, 1.82) is 0 Å². The van der Waals surface area contributed by atoms with Gasteiger partial charge >= 0.3 is 6.18 Å². The van der Waals surface area contributed by atoms with Crippen molar-refractivity contribution >= 4 is 21.4 Å². The lowest BCUT2D eigenvalue weighted by Crippen LogP contribution is -2.39. The Hall–Kier alpha value is -2.43. The molecule has 0 saturated heterocycles. The second-order valence-electron chi connectivity index (χ2n) is 7.08. The third kappa shape index (κ3) is 4.14. The fourth-order valence-electron chi connectivity index (χ4n) is 3.06. The molecule has 0 aromatic heterocycles. The first-order valence-corrected chi connectivity index (χ1v) is 10.5. The van der Waals surface area contributed by atoms with Gasteiger partial charge < -0.3 is 10.4 Å². The molecule has 10 heteroatoms. The number of halogens is 3. The van der Waals surface area contributed by atoms with Crippen LogP contribution in [0.1, 0.15) is 29.7 Å². The number of hydrogen-bond acceptors (Lipinski definition) is 5. The van der Waals surface area contributed by atoms with Crippen LogP contribution >= 0.6 is 0 Å². The fourth-order valence-corrected chi connectivity index (χ4v) is 3.73. The van der Waals surface area contributed by atoms with Crippen LogP contribution in [0.4, 0.5) is 18.9 Å². The number of nitrogens with one attached hydrogen (secondary N) is 2. The molecule has 1 aliphatic rings. The van der Waals surface area contributed by atoms with Crippen molar-refractivity contribution in [1.82, 2.24) is 5.32 Å². The molecule has 0 aliphatic carbocycles. The maximum absolute atomic E-state index is 12.9. The topological polar surface area (TPSA) is 95.5 Å². The number of aliphatic hydroxyl groups is 1. The smallest absolute Gasteiger partial charge is 0.376 e. The van der Waals surface area contributed by atoms with Gasteiger partial charge in [0.15, 0.2) is 15.4 Å². The number of rotatable bonds is 4. The molecule has 2 aromatic carbocycles. The number of sulfone groups is 1. The lowest BCUT2D eigenvalue weighted by Gasteiger charge is -2.26. The molecule has 2 aromatic rings. The average molecular weight is 428 g/mol. The normalized spacial score (nSPS) is 18.8. The number of anilines is 1. The molecule has 0 radical (unpaired) electrons. The van der Waals surface area contributed by atoms with Gasteiger partial charge in [-0.2, -0.15) is 13.2 Å². The minimum Gasteiger partial charge on any atom is -0.376 e. The monoisotopic (exact) mass is 428 g/mol. The van der Waals surface area contributed by atoms with E-state index < -0.39 is 33.6 Å². The molecule has 0 saturated carbocycles. The second kappa shape index (κ2) is 7.12. The van der Waals surface area contributed by atoms with Crippen LogP contribution in [0.15, 0.2) is 47.4 Å². The standard InChI is InChI=1S/C19H19F3N2O4S/c1-18(26,19(20,21)22)12-3-5-13(6-4-12)24-17(25)16-15-8-7-14(29(2,27)28)9-11(15)10-23-16/h3-9,16,23,26H,10H2,1-2H3,(H,24,25). The lowest BCUT2D eigenvalue weighted by molar-refractivity contribution is -0.258. The SMILES string of the molecule is CC(O)(c1ccc(NC(=O)C2NCc3cc(S(C)(=O)=O)ccc32)cc1)C(F)(F)F. The van der Waals surface area contributed by atoms with Gasteiger partial charge in [0, 0.05) is 18.5 Å². The molecule has 3 rings (SSSR count). The van der Waals surface area contributed by atoms with Crippen LogP contribution in [0.2, 0.25) is 0 Å². The van der Waals surface area contributed by atoms with Crippen LogP contribution in [0.5, 0.6) is 0 Å². The largest absolute Gasteiger partial charge is 0.421 e. The van der Waals surface area contributed by atoms with Gasteiger partial charge in [-0.1, -0.05) is 18.2 Å². The highest BCUT2D eigenvalue weighted by Gasteiger charge is 2.51. The zero-order valence-corrected chi connectivity index (χ0v) is 16.4. The Morgan fingerprint density at radius 2 is 1.79 bits per heavy atom. The highest BCUT2D eigenvalue weighted by atomic mass is 32.2. The minimum absolute atomic E-state index is 0.159. The second-order valence-corrected chi connectivity index (χ2v) is 9.10. The maximum Gasteiger partial charge on any atom is 0.421 e. The number of carbonyl (C=O) groups is 1. The summed E-state index contributed by atoms with van der Waals surface area (Å²) in [6, 6.07) is 8.52. The third-order valence-corrected chi connectivity index (χ3v) is 5.99. The van der Waals surface area contributed by atoms with Gasteiger partial charge in [-0.15, -0.1) is 0 Å². The predicted octanol–water partition coefficient (Wildman–Crippen LogP) is 2.64.